The molecule has 0 aromatic carbocycles. The van der Waals surface area contributed by atoms with Crippen LogP contribution in [0.25, 0.3) is 10.7 Å². The molecule has 2 heterocycles. The van der Waals surface area contributed by atoms with Gasteiger partial charge in [0.1, 0.15) is 10.7 Å². The largest absolute Gasteiger partial charge is 0.294 e. The molecule has 0 saturated carbocycles. The van der Waals surface area contributed by atoms with Crippen molar-refractivity contribution in [1.82, 2.24) is 9.97 Å². The minimum atomic E-state index is 0.0494. The summed E-state index contributed by atoms with van der Waals surface area (Å²) in [5.41, 5.74) is 1.55. The molecule has 0 fully saturated rings. The van der Waals surface area contributed by atoms with Crippen LogP contribution in [0.3, 0.4) is 0 Å². The molecule has 0 saturated heterocycles. The van der Waals surface area contributed by atoms with Gasteiger partial charge in [0.25, 0.3) is 0 Å². The molecule has 0 spiro atoms. The smallest absolute Gasteiger partial charge is 0.171 e. The van der Waals surface area contributed by atoms with Gasteiger partial charge in [0.2, 0.25) is 0 Å². The van der Waals surface area contributed by atoms with E-state index >= 15 is 0 Å². The molecule has 0 aliphatic rings. The van der Waals surface area contributed by atoms with Crippen LogP contribution in [0.4, 0.5) is 0 Å². The number of rotatable bonds is 2. The number of carbonyl (C=O) groups excluding carboxylic acids is 1. The number of pyridine rings is 1. The third kappa shape index (κ3) is 2.05. The zero-order valence-electron chi connectivity index (χ0n) is 8.82. The number of aryl methyl sites for hydroxylation is 1. The Bertz CT molecular complexity index is 551. The number of carbonyl (C=O) groups is 1. The van der Waals surface area contributed by atoms with Crippen molar-refractivity contribution in [2.24, 2.45) is 0 Å². The zero-order chi connectivity index (χ0) is 11.7. The third-order valence-corrected chi connectivity index (χ3v) is 3.98. The summed E-state index contributed by atoms with van der Waals surface area (Å²) < 4.78 is 0.888. The van der Waals surface area contributed by atoms with E-state index in [2.05, 4.69) is 25.9 Å². The third-order valence-electron chi connectivity index (χ3n) is 2.08. The summed E-state index contributed by atoms with van der Waals surface area (Å²) in [6.45, 7) is 3.39. The Morgan fingerprint density at radius 3 is 2.81 bits per heavy atom. The lowest BCUT2D eigenvalue weighted by Crippen LogP contribution is -1.89. The maximum absolute atomic E-state index is 11.3. The van der Waals surface area contributed by atoms with Crippen molar-refractivity contribution in [1.29, 1.82) is 0 Å². The minimum absolute atomic E-state index is 0.0494. The number of hydrogen-bond acceptors (Lipinski definition) is 4. The lowest BCUT2D eigenvalue weighted by molar-refractivity contribution is 0.102. The van der Waals surface area contributed by atoms with Crippen molar-refractivity contribution < 1.29 is 4.79 Å². The first-order valence-electron chi connectivity index (χ1n) is 4.69. The molecule has 16 heavy (non-hydrogen) atoms. The van der Waals surface area contributed by atoms with Crippen molar-refractivity contribution in [3.8, 4) is 10.7 Å². The summed E-state index contributed by atoms with van der Waals surface area (Å²) in [4.78, 5) is 20.7. The Balaban J connectivity index is 2.54. The minimum Gasteiger partial charge on any atom is -0.294 e. The molecule has 82 valence electrons. The molecule has 2 rings (SSSR count). The number of hydrogen-bond donors (Lipinski definition) is 0. The van der Waals surface area contributed by atoms with Crippen LogP contribution < -0.4 is 0 Å². The molecule has 0 N–H and O–H groups in total. The SMILES string of the molecule is CC(=O)c1sc(-c2ncccc2Br)nc1C. The van der Waals surface area contributed by atoms with Gasteiger partial charge in [-0.2, -0.15) is 0 Å². The van der Waals surface area contributed by atoms with Gasteiger partial charge >= 0.3 is 0 Å². The topological polar surface area (TPSA) is 42.9 Å². The molecule has 0 radical (unpaired) electrons. The van der Waals surface area contributed by atoms with Gasteiger partial charge in [-0.25, -0.2) is 4.98 Å². The van der Waals surface area contributed by atoms with E-state index < -0.39 is 0 Å². The highest BCUT2D eigenvalue weighted by Gasteiger charge is 2.14. The van der Waals surface area contributed by atoms with Gasteiger partial charge in [-0.15, -0.1) is 11.3 Å². The molecule has 5 heteroatoms. The first kappa shape index (κ1) is 11.4. The van der Waals surface area contributed by atoms with Gasteiger partial charge in [-0.1, -0.05) is 0 Å². The molecular formula is C11H9BrN2OS. The number of aromatic nitrogens is 2. The number of ketones is 1. The van der Waals surface area contributed by atoms with Crippen LogP contribution in [-0.4, -0.2) is 15.8 Å². The molecule has 0 atom stereocenters. The number of nitrogens with zero attached hydrogens (tertiary/aromatic N) is 2. The van der Waals surface area contributed by atoms with E-state index in [1.807, 2.05) is 19.1 Å². The molecule has 2 aromatic heterocycles. The molecule has 3 nitrogen and oxygen atoms in total. The Labute approximate surface area is 106 Å². The van der Waals surface area contributed by atoms with Crippen molar-refractivity contribution in [3.63, 3.8) is 0 Å². The lowest BCUT2D eigenvalue weighted by Gasteiger charge is -1.96. The highest BCUT2D eigenvalue weighted by atomic mass is 79.9. The summed E-state index contributed by atoms with van der Waals surface area (Å²) in [7, 11) is 0. The van der Waals surface area contributed by atoms with Crippen LogP contribution in [0, 0.1) is 6.92 Å². The maximum Gasteiger partial charge on any atom is 0.171 e. The Hall–Kier alpha value is -1.07. The summed E-state index contributed by atoms with van der Waals surface area (Å²) in [6.07, 6.45) is 1.71. The van der Waals surface area contributed by atoms with Crippen LogP contribution in [-0.2, 0) is 0 Å². The first-order valence-corrected chi connectivity index (χ1v) is 6.30. The zero-order valence-corrected chi connectivity index (χ0v) is 11.2. The van der Waals surface area contributed by atoms with Gasteiger partial charge in [0, 0.05) is 17.6 Å². The van der Waals surface area contributed by atoms with E-state index in [4.69, 9.17) is 0 Å². The number of Topliss-reactive ketones (excluding diaryl/α,β-unsaturated/α-hetero) is 1. The van der Waals surface area contributed by atoms with Gasteiger partial charge in [0.05, 0.1) is 10.6 Å². The predicted molar refractivity (Wildman–Crippen MR) is 67.8 cm³/mol. The molecule has 0 unspecified atom stereocenters. The Kier molecular flexibility index (Phi) is 3.16. The Morgan fingerprint density at radius 1 is 1.50 bits per heavy atom. The molecule has 0 amide bonds. The fourth-order valence-electron chi connectivity index (χ4n) is 1.37. The Morgan fingerprint density at radius 2 is 2.25 bits per heavy atom. The second kappa shape index (κ2) is 4.43. The van der Waals surface area contributed by atoms with Crippen LogP contribution in [0.15, 0.2) is 22.8 Å². The summed E-state index contributed by atoms with van der Waals surface area (Å²) in [5.74, 6) is 0.0494. The van der Waals surface area contributed by atoms with Crippen LogP contribution in [0.5, 0.6) is 0 Å². The summed E-state index contributed by atoms with van der Waals surface area (Å²) in [6, 6.07) is 3.76. The molecule has 0 bridgehead atoms. The van der Waals surface area contributed by atoms with Gasteiger partial charge < -0.3 is 0 Å². The fourth-order valence-corrected chi connectivity index (χ4v) is 2.91. The molecule has 0 aliphatic heterocycles. The maximum atomic E-state index is 11.3. The number of halogens is 1. The highest BCUT2D eigenvalue weighted by molar-refractivity contribution is 9.10. The van der Waals surface area contributed by atoms with Crippen molar-refractivity contribution in [2.45, 2.75) is 13.8 Å². The van der Waals surface area contributed by atoms with Crippen molar-refractivity contribution in [3.05, 3.63) is 33.4 Å². The van der Waals surface area contributed by atoms with Crippen molar-refractivity contribution >= 4 is 33.0 Å². The highest BCUT2D eigenvalue weighted by Crippen LogP contribution is 2.31. The van der Waals surface area contributed by atoms with Crippen LogP contribution in [0.1, 0.15) is 22.3 Å². The quantitative estimate of drug-likeness (QED) is 0.797. The van der Waals surface area contributed by atoms with E-state index in [-0.39, 0.29) is 5.78 Å². The first-order chi connectivity index (χ1) is 7.59. The lowest BCUT2D eigenvalue weighted by atomic mass is 10.3. The standard InChI is InChI=1S/C11H9BrN2OS/c1-6-10(7(2)15)16-11(14-6)9-8(12)4-3-5-13-9/h3-5H,1-2H3. The molecular weight excluding hydrogens is 288 g/mol. The fraction of sp³-hybridized carbons (Fsp3) is 0.182. The van der Waals surface area contributed by atoms with Crippen molar-refractivity contribution in [2.75, 3.05) is 0 Å². The van der Waals surface area contributed by atoms with Gasteiger partial charge in [-0.05, 0) is 35.0 Å². The summed E-state index contributed by atoms with van der Waals surface area (Å²) in [5, 5.41) is 0.773. The van der Waals surface area contributed by atoms with E-state index in [1.165, 1.54) is 11.3 Å². The van der Waals surface area contributed by atoms with Crippen LogP contribution in [0.2, 0.25) is 0 Å². The van der Waals surface area contributed by atoms with Gasteiger partial charge in [-0.3, -0.25) is 9.78 Å². The molecule has 0 aliphatic carbocycles. The molecule has 2 aromatic rings. The number of thiazole rings is 1. The second-order valence-corrected chi connectivity index (χ2v) is 5.18. The normalized spacial score (nSPS) is 10.4. The monoisotopic (exact) mass is 296 g/mol. The average Bonchev–Trinajstić information content (AvgIpc) is 2.61. The predicted octanol–water partition coefficient (Wildman–Crippen LogP) is 3.48. The van der Waals surface area contributed by atoms with E-state index in [0.29, 0.717) is 4.88 Å². The average molecular weight is 297 g/mol. The van der Waals surface area contributed by atoms with E-state index in [1.54, 1.807) is 13.1 Å². The van der Waals surface area contributed by atoms with E-state index in [9.17, 15) is 4.79 Å². The van der Waals surface area contributed by atoms with Crippen LogP contribution >= 0.6 is 27.3 Å². The summed E-state index contributed by atoms with van der Waals surface area (Å²) >= 11 is 4.80. The van der Waals surface area contributed by atoms with Gasteiger partial charge in [0.15, 0.2) is 5.78 Å². The van der Waals surface area contributed by atoms with E-state index in [0.717, 1.165) is 20.9 Å². The second-order valence-electron chi connectivity index (χ2n) is 3.32.